The Morgan fingerprint density at radius 3 is 1.93 bits per heavy atom. The van der Waals surface area contributed by atoms with Gasteiger partial charge in [-0.15, -0.1) is 0 Å². The van der Waals surface area contributed by atoms with Gasteiger partial charge >= 0.3 is 11.9 Å². The molecule has 0 unspecified atom stereocenters. The molecule has 78 valence electrons. The van der Waals surface area contributed by atoms with Crippen LogP contribution in [0.4, 0.5) is 0 Å². The average molecular weight is 219 g/mol. The molecule has 0 saturated carbocycles. The van der Waals surface area contributed by atoms with Crippen LogP contribution in [-0.4, -0.2) is 22.2 Å². The molecule has 0 aliphatic carbocycles. The quantitative estimate of drug-likeness (QED) is 0.562. The number of carbonyl (C=O) groups is 2. The van der Waals surface area contributed by atoms with Gasteiger partial charge in [0.1, 0.15) is 0 Å². The van der Waals surface area contributed by atoms with Gasteiger partial charge in [-0.3, -0.25) is 0 Å². The fourth-order valence-corrected chi connectivity index (χ4v) is 0.401. The van der Waals surface area contributed by atoms with Gasteiger partial charge in [-0.25, -0.2) is 9.59 Å². The van der Waals surface area contributed by atoms with Crippen molar-refractivity contribution < 1.29 is 19.8 Å². The van der Waals surface area contributed by atoms with Crippen molar-refractivity contribution in [2.45, 2.75) is 6.92 Å². The summed E-state index contributed by atoms with van der Waals surface area (Å²) in [6.45, 7) is 4.60. The van der Waals surface area contributed by atoms with Crippen molar-refractivity contribution in [2.75, 3.05) is 0 Å². The van der Waals surface area contributed by atoms with Crippen LogP contribution in [0.3, 0.4) is 0 Å². The van der Waals surface area contributed by atoms with E-state index >= 15 is 0 Å². The molecule has 0 aromatic heterocycles. The monoisotopic (exact) mass is 218 g/mol. The highest BCUT2D eigenvalue weighted by molar-refractivity contribution is 6.25. The second-order valence-corrected chi connectivity index (χ2v) is 2.28. The van der Waals surface area contributed by atoms with Crippen LogP contribution >= 0.6 is 11.6 Å². The fraction of sp³-hybridized carbons (Fsp3) is 0.111. The molecule has 0 amide bonds. The topological polar surface area (TPSA) is 74.6 Å². The first kappa shape index (κ1) is 14.9. The number of hydrogen-bond donors (Lipinski definition) is 2. The standard InChI is InChI=1S/C5H6O4.C4H5Cl/c1-3(5(8)9)2-4(6)7;1-2-3-4-5/h2H,1H3,(H,6,7)(H,8,9);2-4H,1H2/b3-2-;. The van der Waals surface area contributed by atoms with E-state index in [1.165, 1.54) is 12.5 Å². The molecule has 4 nitrogen and oxygen atoms in total. The van der Waals surface area contributed by atoms with Crippen molar-refractivity contribution in [3.05, 3.63) is 35.9 Å². The first-order chi connectivity index (χ1) is 6.45. The molecule has 14 heavy (non-hydrogen) atoms. The predicted molar refractivity (Wildman–Crippen MR) is 54.2 cm³/mol. The summed E-state index contributed by atoms with van der Waals surface area (Å²) < 4.78 is 0. The van der Waals surface area contributed by atoms with Crippen molar-refractivity contribution in [3.63, 3.8) is 0 Å². The van der Waals surface area contributed by atoms with E-state index in [-0.39, 0.29) is 5.57 Å². The number of carboxylic acids is 2. The Labute approximate surface area is 86.8 Å². The maximum Gasteiger partial charge on any atom is 0.331 e. The second kappa shape index (κ2) is 9.54. The molecular formula is C9H11ClO4. The molecule has 0 aliphatic heterocycles. The number of allylic oxidation sites excluding steroid dienone is 2. The molecule has 0 aromatic rings. The average Bonchev–Trinajstić information content (AvgIpc) is 2.05. The fourth-order valence-electron chi connectivity index (χ4n) is 0.298. The number of hydrogen-bond acceptors (Lipinski definition) is 2. The zero-order valence-corrected chi connectivity index (χ0v) is 8.36. The van der Waals surface area contributed by atoms with E-state index in [1.807, 2.05) is 0 Å². The minimum Gasteiger partial charge on any atom is -0.478 e. The first-order valence-corrected chi connectivity index (χ1v) is 3.91. The van der Waals surface area contributed by atoms with Crippen molar-refractivity contribution in [1.82, 2.24) is 0 Å². The van der Waals surface area contributed by atoms with Gasteiger partial charge in [0.2, 0.25) is 0 Å². The second-order valence-electron chi connectivity index (χ2n) is 2.02. The predicted octanol–water partition coefficient (Wildman–Crippen LogP) is 2.03. The number of rotatable bonds is 3. The lowest BCUT2D eigenvalue weighted by Crippen LogP contribution is -1.99. The maximum absolute atomic E-state index is 9.90. The van der Waals surface area contributed by atoms with Crippen LogP contribution < -0.4 is 0 Å². The Hall–Kier alpha value is -1.55. The van der Waals surface area contributed by atoms with Gasteiger partial charge in [0.25, 0.3) is 0 Å². The largest absolute Gasteiger partial charge is 0.478 e. The molecule has 0 rings (SSSR count). The third-order valence-corrected chi connectivity index (χ3v) is 1.03. The van der Waals surface area contributed by atoms with Crippen LogP contribution in [0.15, 0.2) is 35.9 Å². The van der Waals surface area contributed by atoms with Crippen LogP contribution in [0.5, 0.6) is 0 Å². The van der Waals surface area contributed by atoms with Crippen LogP contribution in [0.25, 0.3) is 0 Å². The molecule has 0 heterocycles. The Bertz CT molecular complexity index is 266. The lowest BCUT2D eigenvalue weighted by atomic mass is 10.3. The molecule has 0 bridgehead atoms. The van der Waals surface area contributed by atoms with E-state index < -0.39 is 11.9 Å². The van der Waals surface area contributed by atoms with Gasteiger partial charge in [-0.05, 0) is 6.92 Å². The summed E-state index contributed by atoms with van der Waals surface area (Å²) in [7, 11) is 0. The van der Waals surface area contributed by atoms with E-state index in [4.69, 9.17) is 21.8 Å². The van der Waals surface area contributed by atoms with Gasteiger partial charge in [-0.2, -0.15) is 0 Å². The van der Waals surface area contributed by atoms with Crippen LogP contribution in [-0.2, 0) is 9.59 Å². The van der Waals surface area contributed by atoms with Crippen molar-refractivity contribution in [1.29, 1.82) is 0 Å². The van der Waals surface area contributed by atoms with E-state index in [2.05, 4.69) is 6.58 Å². The smallest absolute Gasteiger partial charge is 0.331 e. The van der Waals surface area contributed by atoms with Gasteiger partial charge in [0.15, 0.2) is 0 Å². The maximum atomic E-state index is 9.90. The van der Waals surface area contributed by atoms with Gasteiger partial charge in [0, 0.05) is 17.2 Å². The number of halogens is 1. The summed E-state index contributed by atoms with van der Waals surface area (Å²) in [6, 6.07) is 0. The van der Waals surface area contributed by atoms with Crippen LogP contribution in [0.1, 0.15) is 6.92 Å². The van der Waals surface area contributed by atoms with Crippen molar-refractivity contribution in [3.8, 4) is 0 Å². The molecule has 0 spiro atoms. The molecule has 0 fully saturated rings. The Kier molecular flexibility index (Phi) is 10.2. The van der Waals surface area contributed by atoms with E-state index in [1.54, 1.807) is 12.2 Å². The minimum absolute atomic E-state index is 0.178. The van der Waals surface area contributed by atoms with E-state index in [0.29, 0.717) is 6.08 Å². The third kappa shape index (κ3) is 13.1. The number of aliphatic carboxylic acids is 2. The van der Waals surface area contributed by atoms with Gasteiger partial charge in [0.05, 0.1) is 0 Å². The SMILES string of the molecule is C/C(=C/C(=O)O)C(=O)O.C=CC=CCl. The lowest BCUT2D eigenvalue weighted by molar-refractivity contribution is -0.135. The summed E-state index contributed by atoms with van der Waals surface area (Å²) in [4.78, 5) is 19.7. The molecule has 2 N–H and O–H groups in total. The highest BCUT2D eigenvalue weighted by Crippen LogP contribution is 1.89. The number of carboxylic acid groups (broad SMARTS) is 2. The molecule has 5 heteroatoms. The summed E-state index contributed by atoms with van der Waals surface area (Å²) >= 11 is 5.05. The zero-order valence-electron chi connectivity index (χ0n) is 7.61. The zero-order chi connectivity index (χ0) is 11.6. The molecule has 0 saturated heterocycles. The van der Waals surface area contributed by atoms with Crippen LogP contribution in [0, 0.1) is 0 Å². The van der Waals surface area contributed by atoms with Crippen molar-refractivity contribution in [2.24, 2.45) is 0 Å². The summed E-state index contributed by atoms with van der Waals surface area (Å²) in [5.41, 5.74) is 1.23. The molecule has 0 aromatic carbocycles. The highest BCUT2D eigenvalue weighted by atomic mass is 35.5. The summed E-state index contributed by atoms with van der Waals surface area (Å²) in [6.07, 6.45) is 3.91. The third-order valence-electron chi connectivity index (χ3n) is 0.886. The Balaban J connectivity index is 0. The molecular weight excluding hydrogens is 208 g/mol. The van der Waals surface area contributed by atoms with Gasteiger partial charge in [-0.1, -0.05) is 30.3 Å². The normalized spacial score (nSPS) is 10.3. The summed E-state index contributed by atoms with van der Waals surface area (Å²) in [5, 5.41) is 16.1. The lowest BCUT2D eigenvalue weighted by Gasteiger charge is -1.86. The van der Waals surface area contributed by atoms with E-state index in [0.717, 1.165) is 0 Å². The summed E-state index contributed by atoms with van der Waals surface area (Å²) in [5.74, 6) is -2.45. The van der Waals surface area contributed by atoms with Crippen LogP contribution in [0.2, 0.25) is 0 Å². The molecule has 0 radical (unpaired) electrons. The first-order valence-electron chi connectivity index (χ1n) is 3.48. The van der Waals surface area contributed by atoms with Crippen molar-refractivity contribution >= 4 is 23.5 Å². The molecule has 0 atom stereocenters. The molecule has 0 aliphatic rings. The Morgan fingerprint density at radius 1 is 1.36 bits per heavy atom. The van der Waals surface area contributed by atoms with Gasteiger partial charge < -0.3 is 10.2 Å². The van der Waals surface area contributed by atoms with E-state index in [9.17, 15) is 9.59 Å². The minimum atomic E-state index is -1.24. The highest BCUT2D eigenvalue weighted by Gasteiger charge is 2.00. The Morgan fingerprint density at radius 2 is 1.86 bits per heavy atom.